The Morgan fingerprint density at radius 2 is 1.64 bits per heavy atom. The first-order chi connectivity index (χ1) is 10.5. The standard InChI is InChI=1S/C19H18FNO/c1-15(17-11-7-4-8-12-17)21-18(22)19(2,20)14-13-16-9-5-3-6-10-16/h3-12,15H,1-2H3,(H,21,22). The minimum absolute atomic E-state index is 0.276. The van der Waals surface area contributed by atoms with Gasteiger partial charge in [-0.05, 0) is 37.5 Å². The zero-order valence-corrected chi connectivity index (χ0v) is 12.6. The van der Waals surface area contributed by atoms with Crippen LogP contribution in [0, 0.1) is 11.8 Å². The van der Waals surface area contributed by atoms with Gasteiger partial charge in [-0.15, -0.1) is 0 Å². The first-order valence-corrected chi connectivity index (χ1v) is 7.12. The van der Waals surface area contributed by atoms with Gasteiger partial charge in [0.1, 0.15) is 0 Å². The fourth-order valence-corrected chi connectivity index (χ4v) is 1.93. The lowest BCUT2D eigenvalue weighted by molar-refractivity contribution is -0.129. The van der Waals surface area contributed by atoms with Gasteiger partial charge >= 0.3 is 0 Å². The summed E-state index contributed by atoms with van der Waals surface area (Å²) in [4.78, 5) is 12.1. The van der Waals surface area contributed by atoms with Crippen LogP contribution >= 0.6 is 0 Å². The number of halogens is 1. The van der Waals surface area contributed by atoms with Gasteiger partial charge in [0.05, 0.1) is 6.04 Å². The van der Waals surface area contributed by atoms with Crippen molar-refractivity contribution in [3.05, 3.63) is 71.8 Å². The van der Waals surface area contributed by atoms with E-state index in [2.05, 4.69) is 17.2 Å². The normalized spacial score (nSPS) is 14.1. The Hall–Kier alpha value is -2.60. The van der Waals surface area contributed by atoms with Crippen LogP contribution in [0.15, 0.2) is 60.7 Å². The third kappa shape index (κ3) is 4.20. The van der Waals surface area contributed by atoms with E-state index in [1.54, 1.807) is 12.1 Å². The van der Waals surface area contributed by atoms with Gasteiger partial charge in [0, 0.05) is 5.56 Å². The Morgan fingerprint density at radius 3 is 2.23 bits per heavy atom. The van der Waals surface area contributed by atoms with Gasteiger partial charge in [0.25, 0.3) is 5.91 Å². The largest absolute Gasteiger partial charge is 0.346 e. The molecule has 0 saturated carbocycles. The van der Waals surface area contributed by atoms with Crippen LogP contribution in [-0.4, -0.2) is 11.6 Å². The summed E-state index contributed by atoms with van der Waals surface area (Å²) in [7, 11) is 0. The number of nitrogens with one attached hydrogen (secondary N) is 1. The van der Waals surface area contributed by atoms with Gasteiger partial charge < -0.3 is 5.32 Å². The molecule has 2 aromatic rings. The van der Waals surface area contributed by atoms with E-state index >= 15 is 0 Å². The van der Waals surface area contributed by atoms with Crippen molar-refractivity contribution in [2.45, 2.75) is 25.6 Å². The fraction of sp³-hybridized carbons (Fsp3) is 0.211. The summed E-state index contributed by atoms with van der Waals surface area (Å²) in [5.74, 6) is 4.37. The Morgan fingerprint density at radius 1 is 1.09 bits per heavy atom. The molecule has 0 aliphatic heterocycles. The molecule has 0 heterocycles. The van der Waals surface area contributed by atoms with Gasteiger partial charge in [0.2, 0.25) is 5.67 Å². The predicted octanol–water partition coefficient (Wildman–Crippen LogP) is 3.64. The zero-order valence-electron chi connectivity index (χ0n) is 12.6. The molecule has 1 amide bonds. The van der Waals surface area contributed by atoms with Gasteiger partial charge in [-0.1, -0.05) is 54.5 Å². The topological polar surface area (TPSA) is 29.1 Å². The highest BCUT2D eigenvalue weighted by Gasteiger charge is 2.31. The molecule has 0 saturated heterocycles. The molecule has 3 heteroatoms. The zero-order chi connectivity index (χ0) is 16.0. The number of carbonyl (C=O) groups excluding carboxylic acids is 1. The first kappa shape index (κ1) is 15.8. The maximum atomic E-state index is 14.5. The second-order valence-electron chi connectivity index (χ2n) is 5.22. The number of hydrogen-bond acceptors (Lipinski definition) is 1. The Labute approximate surface area is 130 Å². The summed E-state index contributed by atoms with van der Waals surface area (Å²) in [5, 5.41) is 2.66. The number of carbonyl (C=O) groups is 1. The van der Waals surface area contributed by atoms with E-state index in [4.69, 9.17) is 0 Å². The minimum Gasteiger partial charge on any atom is -0.346 e. The Kier molecular flexibility index (Phi) is 4.95. The average Bonchev–Trinajstić information content (AvgIpc) is 2.54. The molecule has 0 aliphatic carbocycles. The highest BCUT2D eigenvalue weighted by Crippen LogP contribution is 2.15. The summed E-state index contributed by atoms with van der Waals surface area (Å²) in [6.45, 7) is 2.99. The number of benzene rings is 2. The van der Waals surface area contributed by atoms with Crippen LogP contribution in [0.3, 0.4) is 0 Å². The Bertz CT molecular complexity index is 684. The van der Waals surface area contributed by atoms with Gasteiger partial charge in [-0.2, -0.15) is 0 Å². The monoisotopic (exact) mass is 295 g/mol. The fourth-order valence-electron chi connectivity index (χ4n) is 1.93. The van der Waals surface area contributed by atoms with Crippen molar-refractivity contribution in [1.82, 2.24) is 5.32 Å². The van der Waals surface area contributed by atoms with Gasteiger partial charge in [-0.3, -0.25) is 4.79 Å². The van der Waals surface area contributed by atoms with Crippen molar-refractivity contribution in [3.63, 3.8) is 0 Å². The summed E-state index contributed by atoms with van der Waals surface area (Å²) in [6.07, 6.45) is 0. The van der Waals surface area contributed by atoms with Crippen molar-refractivity contribution < 1.29 is 9.18 Å². The van der Waals surface area contributed by atoms with E-state index in [1.807, 2.05) is 55.5 Å². The van der Waals surface area contributed by atoms with Crippen LogP contribution in [-0.2, 0) is 4.79 Å². The molecule has 2 rings (SSSR count). The maximum absolute atomic E-state index is 14.5. The molecule has 2 nitrogen and oxygen atoms in total. The van der Waals surface area contributed by atoms with E-state index in [9.17, 15) is 9.18 Å². The summed E-state index contributed by atoms with van der Waals surface area (Å²) >= 11 is 0. The predicted molar refractivity (Wildman–Crippen MR) is 85.8 cm³/mol. The van der Waals surface area contributed by atoms with Crippen LogP contribution in [0.2, 0.25) is 0 Å². The number of amides is 1. The van der Waals surface area contributed by atoms with Crippen molar-refractivity contribution in [3.8, 4) is 11.8 Å². The molecule has 22 heavy (non-hydrogen) atoms. The van der Waals surface area contributed by atoms with Crippen LogP contribution in [0.25, 0.3) is 0 Å². The number of alkyl halides is 1. The van der Waals surface area contributed by atoms with E-state index in [0.29, 0.717) is 5.56 Å². The number of rotatable bonds is 3. The summed E-state index contributed by atoms with van der Waals surface area (Å²) in [6, 6.07) is 18.2. The molecule has 112 valence electrons. The van der Waals surface area contributed by atoms with Crippen molar-refractivity contribution in [1.29, 1.82) is 0 Å². The van der Waals surface area contributed by atoms with Crippen LogP contribution in [0.5, 0.6) is 0 Å². The Balaban J connectivity index is 2.06. The lowest BCUT2D eigenvalue weighted by Crippen LogP contribution is -2.41. The molecule has 0 fully saturated rings. The highest BCUT2D eigenvalue weighted by molar-refractivity contribution is 5.88. The molecular weight excluding hydrogens is 277 g/mol. The quantitative estimate of drug-likeness (QED) is 0.861. The summed E-state index contributed by atoms with van der Waals surface area (Å²) < 4.78 is 14.5. The van der Waals surface area contributed by atoms with Crippen molar-refractivity contribution >= 4 is 5.91 Å². The van der Waals surface area contributed by atoms with Gasteiger partial charge in [0.15, 0.2) is 0 Å². The number of hydrogen-bond donors (Lipinski definition) is 1. The van der Waals surface area contributed by atoms with Crippen LogP contribution in [0.1, 0.15) is 31.0 Å². The van der Waals surface area contributed by atoms with Crippen molar-refractivity contribution in [2.24, 2.45) is 0 Å². The maximum Gasteiger partial charge on any atom is 0.270 e. The third-order valence-corrected chi connectivity index (χ3v) is 3.29. The second-order valence-corrected chi connectivity index (χ2v) is 5.22. The molecular formula is C19H18FNO. The molecule has 0 spiro atoms. The molecule has 1 N–H and O–H groups in total. The summed E-state index contributed by atoms with van der Waals surface area (Å²) in [5.41, 5.74) is -0.642. The van der Waals surface area contributed by atoms with E-state index < -0.39 is 11.6 Å². The lowest BCUT2D eigenvalue weighted by atomic mass is 10.0. The van der Waals surface area contributed by atoms with Crippen molar-refractivity contribution in [2.75, 3.05) is 0 Å². The molecule has 0 bridgehead atoms. The minimum atomic E-state index is -2.24. The molecule has 0 aliphatic rings. The van der Waals surface area contributed by atoms with Crippen LogP contribution in [0.4, 0.5) is 4.39 Å². The smallest absolute Gasteiger partial charge is 0.270 e. The third-order valence-electron chi connectivity index (χ3n) is 3.29. The molecule has 2 atom stereocenters. The average molecular weight is 295 g/mol. The molecule has 0 radical (unpaired) electrons. The van der Waals surface area contributed by atoms with Gasteiger partial charge in [-0.25, -0.2) is 4.39 Å². The van der Waals surface area contributed by atoms with E-state index in [0.717, 1.165) is 5.56 Å². The second kappa shape index (κ2) is 6.91. The highest BCUT2D eigenvalue weighted by atomic mass is 19.1. The first-order valence-electron chi connectivity index (χ1n) is 7.12. The SMILES string of the molecule is CC(NC(=O)C(C)(F)C#Cc1ccccc1)c1ccccc1. The molecule has 2 aromatic carbocycles. The molecule has 2 unspecified atom stereocenters. The van der Waals surface area contributed by atoms with E-state index in [-0.39, 0.29) is 6.04 Å². The molecule has 0 aromatic heterocycles. The van der Waals surface area contributed by atoms with Crippen LogP contribution < -0.4 is 5.32 Å². The lowest BCUT2D eigenvalue weighted by Gasteiger charge is -2.19. The van der Waals surface area contributed by atoms with E-state index in [1.165, 1.54) is 6.92 Å².